The summed E-state index contributed by atoms with van der Waals surface area (Å²) >= 11 is 0. The molecule has 0 aromatic heterocycles. The van der Waals surface area contributed by atoms with Crippen molar-refractivity contribution in [3.63, 3.8) is 0 Å². The molecule has 3 heteroatoms. The summed E-state index contributed by atoms with van der Waals surface area (Å²) < 4.78 is 16.7. The van der Waals surface area contributed by atoms with E-state index >= 15 is 0 Å². The molecule has 3 nitrogen and oxygen atoms in total. The molecule has 0 atom stereocenters. The van der Waals surface area contributed by atoms with Crippen molar-refractivity contribution in [2.75, 3.05) is 19.8 Å². The molecule has 0 bridgehead atoms. The predicted molar refractivity (Wildman–Crippen MR) is 61.6 cm³/mol. The van der Waals surface area contributed by atoms with Crippen LogP contribution in [0.5, 0.6) is 5.75 Å². The van der Waals surface area contributed by atoms with E-state index in [0.29, 0.717) is 13.2 Å². The van der Waals surface area contributed by atoms with Gasteiger partial charge in [0, 0.05) is 5.56 Å². The molecule has 0 radical (unpaired) electrons. The molecule has 88 valence electrons. The van der Waals surface area contributed by atoms with Gasteiger partial charge in [0.2, 0.25) is 0 Å². The van der Waals surface area contributed by atoms with Crippen molar-refractivity contribution in [3.8, 4) is 5.75 Å². The molecule has 0 amide bonds. The maximum Gasteiger partial charge on any atom is 0.187 e. The number of hydrogen-bond donors (Lipinski definition) is 0. The monoisotopic (exact) mass is 222 g/mol. The molecule has 1 saturated heterocycles. The zero-order valence-corrected chi connectivity index (χ0v) is 9.86. The average Bonchev–Trinajstić information content (AvgIpc) is 2.80. The van der Waals surface area contributed by atoms with Crippen LogP contribution >= 0.6 is 0 Å². The van der Waals surface area contributed by atoms with Crippen LogP contribution < -0.4 is 4.74 Å². The highest BCUT2D eigenvalue weighted by Crippen LogP contribution is 2.32. The van der Waals surface area contributed by atoms with E-state index in [1.807, 2.05) is 12.1 Å². The van der Waals surface area contributed by atoms with Crippen LogP contribution in [0.3, 0.4) is 0 Å². The van der Waals surface area contributed by atoms with Gasteiger partial charge in [-0.25, -0.2) is 0 Å². The first-order valence-electron chi connectivity index (χ1n) is 5.78. The van der Waals surface area contributed by atoms with Crippen molar-refractivity contribution in [1.29, 1.82) is 0 Å². The minimum atomic E-state index is -0.258. The maximum atomic E-state index is 5.69. The van der Waals surface area contributed by atoms with Gasteiger partial charge in [-0.3, -0.25) is 0 Å². The summed E-state index contributed by atoms with van der Waals surface area (Å²) in [6.07, 6.45) is 0.742. The zero-order valence-electron chi connectivity index (χ0n) is 9.86. The fraction of sp³-hybridized carbons (Fsp3) is 0.538. The standard InChI is InChI=1S/C13H18O3/c1-3-6-14-12-5-4-10(2)9-11(12)13-15-7-8-16-13/h4-5,9,13H,3,6-8H2,1-2H3. The number of hydrogen-bond acceptors (Lipinski definition) is 3. The molecule has 1 aliphatic heterocycles. The molecular formula is C13H18O3. The van der Waals surface area contributed by atoms with Crippen molar-refractivity contribution in [3.05, 3.63) is 29.3 Å². The van der Waals surface area contributed by atoms with Crippen LogP contribution in [0.1, 0.15) is 30.8 Å². The van der Waals surface area contributed by atoms with Crippen molar-refractivity contribution in [2.24, 2.45) is 0 Å². The lowest BCUT2D eigenvalue weighted by Gasteiger charge is -2.15. The highest BCUT2D eigenvalue weighted by molar-refractivity contribution is 5.38. The average molecular weight is 222 g/mol. The second-order valence-corrected chi connectivity index (χ2v) is 3.96. The van der Waals surface area contributed by atoms with Gasteiger partial charge in [0.05, 0.1) is 19.8 Å². The Morgan fingerprint density at radius 1 is 1.31 bits per heavy atom. The van der Waals surface area contributed by atoms with Gasteiger partial charge in [-0.2, -0.15) is 0 Å². The van der Waals surface area contributed by atoms with Crippen LogP contribution in [0, 0.1) is 6.92 Å². The highest BCUT2D eigenvalue weighted by atomic mass is 16.7. The SMILES string of the molecule is CCCOc1ccc(C)cc1C1OCCO1. The van der Waals surface area contributed by atoms with Crippen molar-refractivity contribution >= 4 is 0 Å². The minimum absolute atomic E-state index is 0.258. The largest absolute Gasteiger partial charge is 0.493 e. The molecule has 1 heterocycles. The lowest BCUT2D eigenvalue weighted by Crippen LogP contribution is -2.04. The molecule has 0 unspecified atom stereocenters. The third-order valence-corrected chi connectivity index (χ3v) is 2.50. The molecule has 0 saturated carbocycles. The van der Waals surface area contributed by atoms with Crippen molar-refractivity contribution < 1.29 is 14.2 Å². The molecule has 1 aromatic carbocycles. The molecular weight excluding hydrogens is 204 g/mol. The van der Waals surface area contributed by atoms with Gasteiger partial charge in [-0.15, -0.1) is 0 Å². The summed E-state index contributed by atoms with van der Waals surface area (Å²) in [6.45, 7) is 6.19. The first-order valence-corrected chi connectivity index (χ1v) is 5.78. The van der Waals surface area contributed by atoms with E-state index in [4.69, 9.17) is 14.2 Å². The molecule has 0 spiro atoms. The molecule has 1 fully saturated rings. The van der Waals surface area contributed by atoms with Gasteiger partial charge < -0.3 is 14.2 Å². The molecule has 2 rings (SSSR count). The predicted octanol–water partition coefficient (Wildman–Crippen LogP) is 2.83. The van der Waals surface area contributed by atoms with E-state index in [2.05, 4.69) is 19.9 Å². The van der Waals surface area contributed by atoms with Crippen molar-refractivity contribution in [2.45, 2.75) is 26.6 Å². The Morgan fingerprint density at radius 3 is 2.75 bits per heavy atom. The van der Waals surface area contributed by atoms with Crippen LogP contribution in [0.15, 0.2) is 18.2 Å². The zero-order chi connectivity index (χ0) is 11.4. The minimum Gasteiger partial charge on any atom is -0.493 e. The van der Waals surface area contributed by atoms with Gasteiger partial charge in [0.1, 0.15) is 5.75 Å². The van der Waals surface area contributed by atoms with Crippen LogP contribution in [0.4, 0.5) is 0 Å². The van der Waals surface area contributed by atoms with Gasteiger partial charge in [-0.05, 0) is 25.5 Å². The van der Waals surface area contributed by atoms with Crippen molar-refractivity contribution in [1.82, 2.24) is 0 Å². The Morgan fingerprint density at radius 2 is 2.06 bits per heavy atom. The number of rotatable bonds is 4. The number of aryl methyl sites for hydroxylation is 1. The maximum absolute atomic E-state index is 5.69. The van der Waals surface area contributed by atoms with Gasteiger partial charge in [-0.1, -0.05) is 18.6 Å². The lowest BCUT2D eigenvalue weighted by atomic mass is 10.1. The molecule has 1 aromatic rings. The summed E-state index contributed by atoms with van der Waals surface area (Å²) in [6, 6.07) is 6.11. The van der Waals surface area contributed by atoms with E-state index in [1.54, 1.807) is 0 Å². The van der Waals surface area contributed by atoms with Crippen LogP contribution in [-0.2, 0) is 9.47 Å². The molecule has 16 heavy (non-hydrogen) atoms. The van der Waals surface area contributed by atoms with Gasteiger partial charge in [0.25, 0.3) is 0 Å². The first-order chi connectivity index (χ1) is 7.81. The quantitative estimate of drug-likeness (QED) is 0.784. The topological polar surface area (TPSA) is 27.7 Å². The van der Waals surface area contributed by atoms with E-state index in [9.17, 15) is 0 Å². The second kappa shape index (κ2) is 5.32. The summed E-state index contributed by atoms with van der Waals surface area (Å²) in [4.78, 5) is 0. The fourth-order valence-electron chi connectivity index (χ4n) is 1.73. The Kier molecular flexibility index (Phi) is 3.80. The third-order valence-electron chi connectivity index (χ3n) is 2.50. The fourth-order valence-corrected chi connectivity index (χ4v) is 1.73. The van der Waals surface area contributed by atoms with Crippen LogP contribution in [0.2, 0.25) is 0 Å². The summed E-state index contributed by atoms with van der Waals surface area (Å²) in [7, 11) is 0. The summed E-state index contributed by atoms with van der Waals surface area (Å²) in [5.41, 5.74) is 2.20. The lowest BCUT2D eigenvalue weighted by molar-refractivity contribution is -0.0458. The Bertz CT molecular complexity index is 343. The summed E-state index contributed by atoms with van der Waals surface area (Å²) in [5, 5.41) is 0. The Labute approximate surface area is 96.3 Å². The number of benzene rings is 1. The van der Waals surface area contributed by atoms with Gasteiger partial charge >= 0.3 is 0 Å². The molecule has 1 aliphatic rings. The normalized spacial score (nSPS) is 16.6. The Balaban J connectivity index is 2.21. The van der Waals surface area contributed by atoms with E-state index in [0.717, 1.165) is 24.3 Å². The number of ether oxygens (including phenoxy) is 3. The highest BCUT2D eigenvalue weighted by Gasteiger charge is 2.22. The Hall–Kier alpha value is -1.06. The smallest absolute Gasteiger partial charge is 0.187 e. The first kappa shape index (κ1) is 11.4. The van der Waals surface area contributed by atoms with Gasteiger partial charge in [0.15, 0.2) is 6.29 Å². The van der Waals surface area contributed by atoms with E-state index in [1.165, 1.54) is 5.56 Å². The third kappa shape index (κ3) is 2.54. The molecule has 0 aliphatic carbocycles. The van der Waals surface area contributed by atoms with E-state index < -0.39 is 0 Å². The van der Waals surface area contributed by atoms with Crippen LogP contribution in [-0.4, -0.2) is 19.8 Å². The second-order valence-electron chi connectivity index (χ2n) is 3.96. The molecule has 0 N–H and O–H groups in total. The summed E-state index contributed by atoms with van der Waals surface area (Å²) in [5.74, 6) is 0.874. The van der Waals surface area contributed by atoms with E-state index in [-0.39, 0.29) is 6.29 Å². The van der Waals surface area contributed by atoms with Crippen LogP contribution in [0.25, 0.3) is 0 Å².